The number of furan rings is 1. The van der Waals surface area contributed by atoms with Crippen LogP contribution in [0, 0.1) is 0 Å². The van der Waals surface area contributed by atoms with Gasteiger partial charge in [0.05, 0.1) is 11.1 Å². The van der Waals surface area contributed by atoms with Crippen molar-refractivity contribution >= 4 is 49.8 Å². The second-order valence-electron chi connectivity index (χ2n) is 14.8. The van der Waals surface area contributed by atoms with Crippen molar-refractivity contribution in [1.82, 2.24) is 0 Å². The third-order valence-electron chi connectivity index (χ3n) is 12.1. The van der Waals surface area contributed by atoms with Crippen molar-refractivity contribution in [2.75, 3.05) is 4.90 Å². The smallest absolute Gasteiger partial charge is 0.143 e. The van der Waals surface area contributed by atoms with Crippen molar-refractivity contribution in [1.29, 1.82) is 0 Å². The first-order chi connectivity index (χ1) is 27.3. The minimum atomic E-state index is -0.432. The van der Waals surface area contributed by atoms with Crippen LogP contribution in [0.4, 0.5) is 17.1 Å². The lowest BCUT2D eigenvalue weighted by Gasteiger charge is -2.32. The zero-order valence-corrected chi connectivity index (χ0v) is 29.9. The van der Waals surface area contributed by atoms with Crippen LogP contribution in [-0.2, 0) is 5.41 Å². The average molecular weight is 700 g/mol. The van der Waals surface area contributed by atoms with Crippen LogP contribution in [0.2, 0.25) is 0 Å². The van der Waals surface area contributed by atoms with E-state index in [1.165, 1.54) is 55.6 Å². The van der Waals surface area contributed by atoms with Gasteiger partial charge in [0.15, 0.2) is 0 Å². The van der Waals surface area contributed by atoms with Crippen LogP contribution in [0.25, 0.3) is 66.1 Å². The highest BCUT2D eigenvalue weighted by molar-refractivity contribution is 6.20. The number of anilines is 3. The fourth-order valence-electron chi connectivity index (χ4n) is 9.80. The van der Waals surface area contributed by atoms with E-state index in [4.69, 9.17) is 4.42 Å². The summed E-state index contributed by atoms with van der Waals surface area (Å²) in [6.45, 7) is 0. The molecule has 0 fully saturated rings. The van der Waals surface area contributed by atoms with E-state index >= 15 is 0 Å². The summed E-state index contributed by atoms with van der Waals surface area (Å²) < 4.78 is 6.71. The zero-order valence-electron chi connectivity index (χ0n) is 29.9. The van der Waals surface area contributed by atoms with Gasteiger partial charge in [-0.3, -0.25) is 0 Å². The first-order valence-corrected chi connectivity index (χ1v) is 19.0. The highest BCUT2D eigenvalue weighted by atomic mass is 16.3. The van der Waals surface area contributed by atoms with E-state index in [-0.39, 0.29) is 0 Å². The Balaban J connectivity index is 1.15. The molecule has 9 aromatic carbocycles. The number of benzene rings is 9. The molecule has 12 rings (SSSR count). The summed E-state index contributed by atoms with van der Waals surface area (Å²) in [6, 6.07) is 73.2. The Labute approximate surface area is 319 Å². The lowest BCUT2D eigenvalue weighted by molar-refractivity contribution is 0.672. The van der Waals surface area contributed by atoms with Crippen molar-refractivity contribution in [2.45, 2.75) is 5.41 Å². The molecule has 2 aliphatic rings. The molecule has 0 saturated carbocycles. The molecule has 0 aliphatic heterocycles. The van der Waals surface area contributed by atoms with Crippen molar-refractivity contribution in [3.8, 4) is 33.4 Å². The molecule has 2 aliphatic carbocycles. The molecule has 1 spiro atoms. The van der Waals surface area contributed by atoms with Gasteiger partial charge in [0, 0.05) is 32.9 Å². The number of para-hydroxylation sites is 1. The van der Waals surface area contributed by atoms with Crippen LogP contribution in [0.1, 0.15) is 22.3 Å². The molecule has 0 unspecified atom stereocenters. The Bertz CT molecular complexity index is 3090. The van der Waals surface area contributed by atoms with Crippen molar-refractivity contribution in [3.05, 3.63) is 222 Å². The molecule has 0 amide bonds. The predicted octanol–water partition coefficient (Wildman–Crippen LogP) is 14.2. The molecule has 1 aromatic heterocycles. The Hall–Kier alpha value is -7.16. The van der Waals surface area contributed by atoms with Crippen molar-refractivity contribution in [3.63, 3.8) is 0 Å². The van der Waals surface area contributed by atoms with Crippen LogP contribution >= 0.6 is 0 Å². The summed E-state index contributed by atoms with van der Waals surface area (Å²) in [6.07, 6.45) is 0. The van der Waals surface area contributed by atoms with Crippen LogP contribution in [0.3, 0.4) is 0 Å². The van der Waals surface area contributed by atoms with Gasteiger partial charge in [0.2, 0.25) is 0 Å². The number of nitrogens with zero attached hydrogens (tertiary/aromatic N) is 1. The van der Waals surface area contributed by atoms with Gasteiger partial charge in [-0.05, 0) is 98.1 Å². The van der Waals surface area contributed by atoms with E-state index in [0.717, 1.165) is 49.8 Å². The van der Waals surface area contributed by atoms with Gasteiger partial charge in [-0.25, -0.2) is 0 Å². The Kier molecular flexibility index (Phi) is 6.29. The molecule has 0 atom stereocenters. The largest absolute Gasteiger partial charge is 0.455 e. The number of rotatable bonds is 4. The minimum Gasteiger partial charge on any atom is -0.455 e. The normalized spacial score (nSPS) is 13.2. The van der Waals surface area contributed by atoms with E-state index in [0.29, 0.717) is 0 Å². The predicted molar refractivity (Wildman–Crippen MR) is 228 cm³/mol. The van der Waals surface area contributed by atoms with Crippen LogP contribution in [-0.4, -0.2) is 0 Å². The van der Waals surface area contributed by atoms with Crippen LogP contribution < -0.4 is 4.90 Å². The molecule has 0 N–H and O–H groups in total. The van der Waals surface area contributed by atoms with Crippen LogP contribution in [0.15, 0.2) is 205 Å². The second kappa shape index (κ2) is 11.4. The zero-order chi connectivity index (χ0) is 36.1. The standard InChI is InChI=1S/C53H33NO/c1-3-15-34(16-4-1)35-27-30-51-44(31-35)45-33-50(42-22-7-8-23-43(42)52(45)55-51)54(36-17-5-2-6-18-36)37-28-29-41-40-21-11-14-26-48(40)53(49(41)32-37)46-24-12-9-19-38(46)39-20-10-13-25-47(39)53/h1-33H. The van der Waals surface area contributed by atoms with E-state index < -0.39 is 5.41 Å². The quantitative estimate of drug-likeness (QED) is 0.182. The second-order valence-corrected chi connectivity index (χ2v) is 14.8. The summed E-state index contributed by atoms with van der Waals surface area (Å²) in [5.41, 5.74) is 17.6. The van der Waals surface area contributed by atoms with Gasteiger partial charge < -0.3 is 9.32 Å². The third-order valence-corrected chi connectivity index (χ3v) is 12.1. The molecule has 2 heteroatoms. The maximum atomic E-state index is 6.71. The van der Waals surface area contributed by atoms with Gasteiger partial charge in [-0.15, -0.1) is 0 Å². The molecule has 0 saturated heterocycles. The molecule has 2 nitrogen and oxygen atoms in total. The molecule has 55 heavy (non-hydrogen) atoms. The van der Waals surface area contributed by atoms with E-state index in [9.17, 15) is 0 Å². The summed E-state index contributed by atoms with van der Waals surface area (Å²) in [5, 5.41) is 4.44. The Morgan fingerprint density at radius 3 is 1.58 bits per heavy atom. The minimum absolute atomic E-state index is 0.432. The van der Waals surface area contributed by atoms with Crippen molar-refractivity contribution in [2.24, 2.45) is 0 Å². The molecule has 0 bridgehead atoms. The summed E-state index contributed by atoms with van der Waals surface area (Å²) in [5.74, 6) is 0. The third kappa shape index (κ3) is 4.14. The van der Waals surface area contributed by atoms with Gasteiger partial charge in [-0.1, -0.05) is 158 Å². The van der Waals surface area contributed by atoms with E-state index in [1.54, 1.807) is 0 Å². The molecule has 10 aromatic rings. The lowest BCUT2D eigenvalue weighted by Crippen LogP contribution is -2.26. The summed E-state index contributed by atoms with van der Waals surface area (Å²) in [4.78, 5) is 2.45. The van der Waals surface area contributed by atoms with E-state index in [2.05, 4.69) is 205 Å². The fourth-order valence-corrected chi connectivity index (χ4v) is 9.80. The monoisotopic (exact) mass is 699 g/mol. The van der Waals surface area contributed by atoms with Crippen molar-refractivity contribution < 1.29 is 4.42 Å². The van der Waals surface area contributed by atoms with Gasteiger partial charge in [0.25, 0.3) is 0 Å². The molecular formula is C53H33NO. The number of hydrogen-bond donors (Lipinski definition) is 0. The topological polar surface area (TPSA) is 16.4 Å². The molecule has 1 heterocycles. The van der Waals surface area contributed by atoms with Gasteiger partial charge in [-0.2, -0.15) is 0 Å². The van der Waals surface area contributed by atoms with Gasteiger partial charge in [0.1, 0.15) is 11.2 Å². The first-order valence-electron chi connectivity index (χ1n) is 19.0. The highest BCUT2D eigenvalue weighted by Gasteiger charge is 2.51. The number of hydrogen-bond acceptors (Lipinski definition) is 2. The maximum absolute atomic E-state index is 6.71. The molecule has 256 valence electrons. The maximum Gasteiger partial charge on any atom is 0.143 e. The molecule has 0 radical (unpaired) electrons. The Morgan fingerprint density at radius 1 is 0.345 bits per heavy atom. The number of fused-ring (bicyclic) bond motifs is 15. The first kappa shape index (κ1) is 30.3. The SMILES string of the molecule is c1ccc(-c2ccc3oc4c5ccccc5c(N(c5ccccc5)c5ccc6c(c5)C5(c7ccccc7-c7ccccc75)c5ccccc5-6)cc4c3c2)cc1. The highest BCUT2D eigenvalue weighted by Crippen LogP contribution is 2.63. The fraction of sp³-hybridized carbons (Fsp3) is 0.0189. The molecular weight excluding hydrogens is 667 g/mol. The average Bonchev–Trinajstić information content (AvgIpc) is 3.88. The Morgan fingerprint density at radius 2 is 0.909 bits per heavy atom. The summed E-state index contributed by atoms with van der Waals surface area (Å²) >= 11 is 0. The van der Waals surface area contributed by atoms with Crippen LogP contribution in [0.5, 0.6) is 0 Å². The van der Waals surface area contributed by atoms with E-state index in [1.807, 2.05) is 0 Å². The summed E-state index contributed by atoms with van der Waals surface area (Å²) in [7, 11) is 0. The lowest BCUT2D eigenvalue weighted by atomic mass is 9.70. The van der Waals surface area contributed by atoms with Gasteiger partial charge >= 0.3 is 0 Å².